The van der Waals surface area contributed by atoms with Crippen LogP contribution < -0.4 is 10.1 Å². The standard InChI is InChI=1S/C17H23N3O/c1-4-6-7-14-8-10-15(11-9-14)21-17-13(3)16(18-5-2)19-12-20-17/h8-12H,4-7H2,1-3H3,(H,18,19,20). The molecule has 0 fully saturated rings. The van der Waals surface area contributed by atoms with Gasteiger partial charge in [-0.2, -0.15) is 0 Å². The highest BCUT2D eigenvalue weighted by molar-refractivity contribution is 5.48. The van der Waals surface area contributed by atoms with E-state index < -0.39 is 0 Å². The van der Waals surface area contributed by atoms with Crippen molar-refractivity contribution >= 4 is 5.82 Å². The van der Waals surface area contributed by atoms with Crippen molar-refractivity contribution < 1.29 is 4.74 Å². The second-order valence-corrected chi connectivity index (χ2v) is 5.03. The molecule has 4 heteroatoms. The molecule has 0 saturated heterocycles. The van der Waals surface area contributed by atoms with E-state index in [1.54, 1.807) is 0 Å². The summed E-state index contributed by atoms with van der Waals surface area (Å²) in [6, 6.07) is 8.23. The van der Waals surface area contributed by atoms with Crippen molar-refractivity contribution in [3.63, 3.8) is 0 Å². The molecule has 0 amide bonds. The van der Waals surface area contributed by atoms with E-state index in [0.29, 0.717) is 5.88 Å². The first-order chi connectivity index (χ1) is 10.2. The Bertz CT molecular complexity index is 567. The fraction of sp³-hybridized carbons (Fsp3) is 0.412. The van der Waals surface area contributed by atoms with Gasteiger partial charge in [0.2, 0.25) is 5.88 Å². The number of nitrogens with one attached hydrogen (secondary N) is 1. The highest BCUT2D eigenvalue weighted by Gasteiger charge is 2.08. The van der Waals surface area contributed by atoms with Crippen molar-refractivity contribution in [1.29, 1.82) is 0 Å². The van der Waals surface area contributed by atoms with E-state index in [0.717, 1.165) is 30.1 Å². The summed E-state index contributed by atoms with van der Waals surface area (Å²) >= 11 is 0. The van der Waals surface area contributed by atoms with Gasteiger partial charge in [0.15, 0.2) is 0 Å². The second kappa shape index (κ2) is 7.62. The van der Waals surface area contributed by atoms with Crippen LogP contribution in [0, 0.1) is 6.92 Å². The number of aromatic nitrogens is 2. The van der Waals surface area contributed by atoms with E-state index in [-0.39, 0.29) is 0 Å². The topological polar surface area (TPSA) is 47.0 Å². The fourth-order valence-electron chi connectivity index (χ4n) is 2.10. The molecule has 0 aliphatic heterocycles. The van der Waals surface area contributed by atoms with E-state index in [1.807, 2.05) is 26.0 Å². The van der Waals surface area contributed by atoms with E-state index >= 15 is 0 Å². The van der Waals surface area contributed by atoms with Gasteiger partial charge in [-0.05, 0) is 44.4 Å². The van der Waals surface area contributed by atoms with Gasteiger partial charge < -0.3 is 10.1 Å². The molecule has 112 valence electrons. The fourth-order valence-corrected chi connectivity index (χ4v) is 2.10. The first-order valence-corrected chi connectivity index (χ1v) is 7.56. The molecule has 0 bridgehead atoms. The van der Waals surface area contributed by atoms with Gasteiger partial charge in [0.25, 0.3) is 0 Å². The van der Waals surface area contributed by atoms with Crippen molar-refractivity contribution in [2.75, 3.05) is 11.9 Å². The number of hydrogen-bond donors (Lipinski definition) is 1. The van der Waals surface area contributed by atoms with Gasteiger partial charge in [-0.15, -0.1) is 0 Å². The van der Waals surface area contributed by atoms with Crippen LogP contribution in [0.15, 0.2) is 30.6 Å². The minimum atomic E-state index is 0.599. The molecule has 2 aromatic rings. The van der Waals surface area contributed by atoms with Crippen LogP contribution in [0.1, 0.15) is 37.8 Å². The molecule has 0 atom stereocenters. The highest BCUT2D eigenvalue weighted by Crippen LogP contribution is 2.26. The molecule has 1 aromatic carbocycles. The molecule has 0 radical (unpaired) electrons. The molecule has 1 heterocycles. The van der Waals surface area contributed by atoms with Crippen molar-refractivity contribution in [2.45, 2.75) is 40.0 Å². The maximum absolute atomic E-state index is 5.86. The first-order valence-electron chi connectivity index (χ1n) is 7.56. The average Bonchev–Trinajstić information content (AvgIpc) is 2.51. The highest BCUT2D eigenvalue weighted by atomic mass is 16.5. The summed E-state index contributed by atoms with van der Waals surface area (Å²) < 4.78 is 5.86. The van der Waals surface area contributed by atoms with E-state index in [1.165, 1.54) is 24.7 Å². The van der Waals surface area contributed by atoms with Crippen molar-refractivity contribution in [2.24, 2.45) is 0 Å². The van der Waals surface area contributed by atoms with Crippen LogP contribution in [0.4, 0.5) is 5.82 Å². The summed E-state index contributed by atoms with van der Waals surface area (Å²) in [5.41, 5.74) is 2.27. The number of nitrogens with zero attached hydrogens (tertiary/aromatic N) is 2. The molecular weight excluding hydrogens is 262 g/mol. The molecule has 4 nitrogen and oxygen atoms in total. The van der Waals surface area contributed by atoms with Gasteiger partial charge in [0, 0.05) is 6.54 Å². The number of unbranched alkanes of at least 4 members (excludes halogenated alkanes) is 1. The van der Waals surface area contributed by atoms with Crippen LogP contribution in [0.5, 0.6) is 11.6 Å². The average molecular weight is 285 g/mol. The molecular formula is C17H23N3O. The minimum Gasteiger partial charge on any atom is -0.439 e. The predicted molar refractivity (Wildman–Crippen MR) is 86.1 cm³/mol. The SMILES string of the molecule is CCCCc1ccc(Oc2ncnc(NCC)c2C)cc1. The van der Waals surface area contributed by atoms with Crippen LogP contribution in [0.3, 0.4) is 0 Å². The third-order valence-corrected chi connectivity index (χ3v) is 3.34. The molecule has 21 heavy (non-hydrogen) atoms. The Morgan fingerprint density at radius 2 is 1.86 bits per heavy atom. The van der Waals surface area contributed by atoms with Crippen LogP contribution in [-0.4, -0.2) is 16.5 Å². The van der Waals surface area contributed by atoms with Gasteiger partial charge in [0.1, 0.15) is 17.9 Å². The zero-order chi connectivity index (χ0) is 15.1. The lowest BCUT2D eigenvalue weighted by molar-refractivity contribution is 0.457. The van der Waals surface area contributed by atoms with E-state index in [9.17, 15) is 0 Å². The van der Waals surface area contributed by atoms with Crippen LogP contribution in [0.2, 0.25) is 0 Å². The Hall–Kier alpha value is -2.10. The maximum atomic E-state index is 5.86. The molecule has 0 aliphatic rings. The van der Waals surface area contributed by atoms with Gasteiger partial charge >= 0.3 is 0 Å². The van der Waals surface area contributed by atoms with Gasteiger partial charge in [0.05, 0.1) is 5.56 Å². The van der Waals surface area contributed by atoms with Crippen molar-refractivity contribution in [3.8, 4) is 11.6 Å². The number of anilines is 1. The Balaban J connectivity index is 2.09. The van der Waals surface area contributed by atoms with Gasteiger partial charge in [-0.1, -0.05) is 25.5 Å². The molecule has 2 rings (SSSR count). The Morgan fingerprint density at radius 3 is 2.52 bits per heavy atom. The monoisotopic (exact) mass is 285 g/mol. The second-order valence-electron chi connectivity index (χ2n) is 5.03. The number of ether oxygens (including phenoxy) is 1. The molecule has 1 N–H and O–H groups in total. The molecule has 0 saturated carbocycles. The van der Waals surface area contributed by atoms with Gasteiger partial charge in [-0.3, -0.25) is 0 Å². The summed E-state index contributed by atoms with van der Waals surface area (Å²) in [6.45, 7) is 7.03. The van der Waals surface area contributed by atoms with Crippen LogP contribution in [0.25, 0.3) is 0 Å². The normalized spacial score (nSPS) is 10.4. The molecule has 1 aromatic heterocycles. The summed E-state index contributed by atoms with van der Waals surface area (Å²) in [5.74, 6) is 2.23. The zero-order valence-electron chi connectivity index (χ0n) is 13.0. The number of hydrogen-bond acceptors (Lipinski definition) is 4. The zero-order valence-corrected chi connectivity index (χ0v) is 13.0. The van der Waals surface area contributed by atoms with Gasteiger partial charge in [-0.25, -0.2) is 9.97 Å². The summed E-state index contributed by atoms with van der Waals surface area (Å²) in [6.07, 6.45) is 5.08. The lowest BCUT2D eigenvalue weighted by Gasteiger charge is -2.11. The van der Waals surface area contributed by atoms with E-state index in [4.69, 9.17) is 4.74 Å². The lowest BCUT2D eigenvalue weighted by Crippen LogP contribution is -2.03. The Morgan fingerprint density at radius 1 is 1.10 bits per heavy atom. The Kier molecular flexibility index (Phi) is 5.55. The van der Waals surface area contributed by atoms with Crippen LogP contribution >= 0.6 is 0 Å². The summed E-state index contributed by atoms with van der Waals surface area (Å²) in [4.78, 5) is 8.43. The summed E-state index contributed by atoms with van der Waals surface area (Å²) in [5, 5.41) is 3.20. The Labute approximate surface area is 126 Å². The van der Waals surface area contributed by atoms with Crippen molar-refractivity contribution in [3.05, 3.63) is 41.7 Å². The van der Waals surface area contributed by atoms with Crippen molar-refractivity contribution in [1.82, 2.24) is 9.97 Å². The molecule has 0 unspecified atom stereocenters. The third kappa shape index (κ3) is 4.18. The molecule has 0 aliphatic carbocycles. The largest absolute Gasteiger partial charge is 0.439 e. The number of benzene rings is 1. The lowest BCUT2D eigenvalue weighted by atomic mass is 10.1. The predicted octanol–water partition coefficient (Wildman–Crippen LogP) is 4.35. The smallest absolute Gasteiger partial charge is 0.227 e. The number of aryl methyl sites for hydroxylation is 1. The van der Waals surface area contributed by atoms with Crippen LogP contribution in [-0.2, 0) is 6.42 Å². The summed E-state index contributed by atoms with van der Waals surface area (Å²) in [7, 11) is 0. The number of rotatable bonds is 7. The minimum absolute atomic E-state index is 0.599. The van der Waals surface area contributed by atoms with E-state index in [2.05, 4.69) is 34.3 Å². The molecule has 0 spiro atoms. The first kappa shape index (κ1) is 15.3. The third-order valence-electron chi connectivity index (χ3n) is 3.34. The maximum Gasteiger partial charge on any atom is 0.227 e. The quantitative estimate of drug-likeness (QED) is 0.821.